The average Bonchev–Trinajstić information content (AvgIpc) is 1.27. The van der Waals surface area contributed by atoms with Crippen LogP contribution in [0.1, 0.15) is 139 Å². The molecule has 25 nitrogen and oxygen atoms in total. The molecule has 0 amide bonds. The van der Waals surface area contributed by atoms with Crippen molar-refractivity contribution < 1.29 is 29.5 Å². The number of hydrogen-bond donors (Lipinski definition) is 4. The van der Waals surface area contributed by atoms with Crippen LogP contribution in [0.2, 0.25) is 0 Å². The number of nitrogens with zero attached hydrogens (tertiary/aromatic N) is 18. The van der Waals surface area contributed by atoms with E-state index in [0.29, 0.717) is 43.4 Å². The van der Waals surface area contributed by atoms with Crippen molar-refractivity contribution in [2.24, 2.45) is 23.7 Å². The van der Waals surface area contributed by atoms with Gasteiger partial charge in [-0.05, 0) is 293 Å². The van der Waals surface area contributed by atoms with Crippen molar-refractivity contribution in [3.63, 3.8) is 0 Å². The molecule has 13 saturated heterocycles. The van der Waals surface area contributed by atoms with Crippen LogP contribution >= 0.6 is 0 Å². The van der Waals surface area contributed by atoms with Gasteiger partial charge in [0, 0.05) is 195 Å². The second-order valence-electron chi connectivity index (χ2n) is 36.7. The summed E-state index contributed by atoms with van der Waals surface area (Å²) in [6.07, 6.45) is 17.5. The predicted octanol–water partition coefficient (Wildman–Crippen LogP) is 5.87. The van der Waals surface area contributed by atoms with Crippen LogP contribution in [0.5, 0.6) is 0 Å². The number of likely N-dealkylation sites (tertiary alicyclic amines) is 8. The predicted molar refractivity (Wildman–Crippen MR) is 491 cm³/mol. The summed E-state index contributed by atoms with van der Waals surface area (Å²) in [6.45, 7) is 61.2. The second-order valence-corrected chi connectivity index (χ2v) is 36.7. The highest BCUT2D eigenvalue weighted by atomic mass is 16.5. The molecule has 686 valence electrons. The molecule has 4 N–H and O–H groups in total. The molecule has 8 atom stereocenters. The minimum Gasteiger partial charge on any atom is -0.396 e. The van der Waals surface area contributed by atoms with Crippen LogP contribution in [0.3, 0.4) is 0 Å². The van der Waals surface area contributed by atoms with Crippen molar-refractivity contribution in [3.8, 4) is 0 Å². The van der Waals surface area contributed by atoms with Gasteiger partial charge in [-0.1, -0.05) is 48.5 Å². The molecule has 8 unspecified atom stereocenters. The van der Waals surface area contributed by atoms with E-state index in [4.69, 9.17) is 29.5 Å². The normalized spacial score (nSPS) is 28.1. The summed E-state index contributed by atoms with van der Waals surface area (Å²) in [5, 5.41) is 29.6. The number of ether oxygens (including phenoxy) is 3. The zero-order chi connectivity index (χ0) is 84.5. The summed E-state index contributed by atoms with van der Waals surface area (Å²) in [5.41, 5.74) is 0. The maximum absolute atomic E-state index is 8.86. The zero-order valence-corrected chi connectivity index (χ0v) is 79.4. The van der Waals surface area contributed by atoms with Gasteiger partial charge in [-0.15, -0.1) is 0 Å². The molecule has 25 heteroatoms. The van der Waals surface area contributed by atoms with Gasteiger partial charge in [0.2, 0.25) is 0 Å². The highest BCUT2D eigenvalue weighted by Gasteiger charge is 2.24. The summed E-state index contributed by atoms with van der Waals surface area (Å²) in [7, 11) is 38.1. The van der Waals surface area contributed by atoms with E-state index in [-0.39, 0.29) is 13.5 Å². The lowest BCUT2D eigenvalue weighted by Crippen LogP contribution is -2.46. The number of piperazine rings is 2. The first-order valence-electron chi connectivity index (χ1n) is 45.6. The second kappa shape index (κ2) is 70.4. The molecule has 13 aliphatic rings. The number of β-amino-alcohol motifs (C(OH)–C–C–N with tert-alkyl or cyclic N) is 1. The Bertz CT molecular complexity index is 2000. The van der Waals surface area contributed by atoms with Crippen LogP contribution < -0.4 is 5.32 Å². The number of morpholine rings is 2. The number of methoxy groups -OCH3 is 1. The molecule has 0 radical (unpaired) electrons. The van der Waals surface area contributed by atoms with Crippen molar-refractivity contribution in [3.05, 3.63) is 0 Å². The summed E-state index contributed by atoms with van der Waals surface area (Å²) >= 11 is 0. The zero-order valence-electron chi connectivity index (χ0n) is 79.4. The summed E-state index contributed by atoms with van der Waals surface area (Å²) in [6, 6.07) is 1.89. The maximum atomic E-state index is 8.86. The maximum Gasteiger partial charge on any atom is 0.0679 e. The number of aliphatic hydroxyl groups is 3. The first-order chi connectivity index (χ1) is 53.8. The third-order valence-electron chi connectivity index (χ3n) is 24.5. The summed E-state index contributed by atoms with van der Waals surface area (Å²) in [4.78, 5) is 42.4. The average molecular weight is 1630 g/mol. The van der Waals surface area contributed by atoms with Gasteiger partial charge in [0.15, 0.2) is 0 Å². The number of nitrogens with one attached hydrogen (secondary N) is 1. The number of likely N-dealkylation sites (N-methyl/N-ethyl adjacent to an activating group) is 11. The van der Waals surface area contributed by atoms with Gasteiger partial charge in [-0.2, -0.15) is 0 Å². The highest BCUT2D eigenvalue weighted by Crippen LogP contribution is 2.19. The third-order valence-corrected chi connectivity index (χ3v) is 24.5. The molecule has 114 heavy (non-hydrogen) atoms. The van der Waals surface area contributed by atoms with Crippen LogP contribution in [0.15, 0.2) is 0 Å². The fourth-order valence-corrected chi connectivity index (χ4v) is 16.2. The largest absolute Gasteiger partial charge is 0.396 e. The first kappa shape index (κ1) is 113. The van der Waals surface area contributed by atoms with Crippen molar-refractivity contribution in [2.45, 2.75) is 176 Å². The Balaban J connectivity index is 0.00000122. The van der Waals surface area contributed by atoms with Gasteiger partial charge < -0.3 is 103 Å². The Morgan fingerprint density at radius 1 is 0.404 bits per heavy atom. The lowest BCUT2D eigenvalue weighted by Gasteiger charge is -2.33. The van der Waals surface area contributed by atoms with Crippen molar-refractivity contribution >= 4 is 0 Å². The molecule has 13 rings (SSSR count). The minimum atomic E-state index is -0.0509. The van der Waals surface area contributed by atoms with Gasteiger partial charge in [-0.25, -0.2) is 0 Å². The summed E-state index contributed by atoms with van der Waals surface area (Å²) < 4.78 is 15.7. The van der Waals surface area contributed by atoms with Crippen LogP contribution in [0, 0.1) is 23.7 Å². The SMILES string of the molecule is C.CC1CCN(C)CC1.CC1CN(C)C1.CC1CN(C)CC(C)O1.CCC1CCN(C)C1.CCN(CC)CCN1CCN(C)CC1.CN(C)CCN1CCN(C)CC1.CN1CCC(O)C1.CN1CCCC(CO)C1.CN1CCCC1CO.CN1CCCN(C)C1.CN1CCOCC1.CNC1CCN(C)C1.COCC1CCCN1C. The molecule has 0 bridgehead atoms. The molecule has 0 aromatic carbocycles. The molecule has 13 fully saturated rings. The Labute approximate surface area is 708 Å². The van der Waals surface area contributed by atoms with Gasteiger partial charge in [-0.3, -0.25) is 19.6 Å². The van der Waals surface area contributed by atoms with E-state index in [1.54, 1.807) is 7.11 Å². The van der Waals surface area contributed by atoms with E-state index >= 15 is 0 Å². The number of rotatable bonds is 14. The van der Waals surface area contributed by atoms with Gasteiger partial charge >= 0.3 is 0 Å². The quantitative estimate of drug-likeness (QED) is 0.164. The van der Waals surface area contributed by atoms with E-state index in [9.17, 15) is 0 Å². The Morgan fingerprint density at radius 3 is 1.13 bits per heavy atom. The molecular formula is C89H199N19O6. The smallest absolute Gasteiger partial charge is 0.0679 e. The molecule has 0 spiro atoms. The highest BCUT2D eigenvalue weighted by molar-refractivity contribution is 4.80. The van der Waals surface area contributed by atoms with Gasteiger partial charge in [0.05, 0.1) is 51.4 Å². The van der Waals surface area contributed by atoms with Crippen LogP contribution in [0.4, 0.5) is 0 Å². The van der Waals surface area contributed by atoms with Crippen LogP contribution in [-0.2, 0) is 14.2 Å². The number of piperidine rings is 2. The standard InChI is InChI=1S/C11H25N3.C9H21N3.3C7H15NO.2C7H15N.2C6H14N2.C6H13NO.2C5H11NO.C5H11N.CH4/c1-4-13(5-2)10-11-14-8-6-12(3)7-9-14;1-10(2)4-7-12-8-5-11(3)6-9-12;1-6-4-8(3)5-7(2)9-6;1-8-5-3-4-7(8)6-9-2;1-8-4-2-3-7(5-8)6-9;1-7-3-5-8(2)6-4-7;1-3-7-4-5-8(2)6-7;1-7-6-3-4-8(2)5-6;1-7-4-3-5-8(2)6-7;1-7-4-2-3-6(7)5-8;1-6-2-4-7-5-3-6;1-6-3-2-5(7)4-6;1-5-3-6(2)4-5;/h4-11H2,1-3H3;4-9H2,1-3H3;6-7H,4-5H2,1-3H3;7H,3-6H2,1-2H3;7,9H,2-6H2,1H3;2*7H,3-6H2,1-2H3;6-7H,3-5H2,1-2H3;3-6H2,1-2H3;6,8H,2-5H2,1H3;2-5H2,1H3;5,7H,2-4H2,1H3;5H,3-4H2,1-2H3;1H4. The fourth-order valence-electron chi connectivity index (χ4n) is 16.2. The monoisotopic (exact) mass is 1630 g/mol. The van der Waals surface area contributed by atoms with E-state index in [2.05, 4.69) is 248 Å². The fraction of sp³-hybridized carbons (Fsp3) is 1.00. The number of hydrogen-bond acceptors (Lipinski definition) is 25. The van der Waals surface area contributed by atoms with E-state index in [1.165, 1.54) is 247 Å². The lowest BCUT2D eigenvalue weighted by molar-refractivity contribution is -0.0602. The Kier molecular flexibility index (Phi) is 69.8. The van der Waals surface area contributed by atoms with E-state index < -0.39 is 0 Å². The first-order valence-corrected chi connectivity index (χ1v) is 45.6. The van der Waals surface area contributed by atoms with Crippen molar-refractivity contribution in [1.29, 1.82) is 0 Å². The minimum absolute atomic E-state index is 0. The van der Waals surface area contributed by atoms with Gasteiger partial charge in [0.1, 0.15) is 0 Å². The molecule has 0 aromatic heterocycles. The van der Waals surface area contributed by atoms with Crippen molar-refractivity contribution in [2.75, 3.05) is 389 Å². The molecule has 0 aliphatic carbocycles. The van der Waals surface area contributed by atoms with E-state index in [1.807, 2.05) is 14.1 Å². The molecule has 13 heterocycles. The third kappa shape index (κ3) is 60.5. The number of aliphatic hydroxyl groups excluding tert-OH is 3. The Morgan fingerprint density at radius 2 is 0.842 bits per heavy atom. The molecule has 13 aliphatic heterocycles. The van der Waals surface area contributed by atoms with Crippen LogP contribution in [0.25, 0.3) is 0 Å². The summed E-state index contributed by atoms with van der Waals surface area (Å²) in [5.74, 6) is 3.49. The van der Waals surface area contributed by atoms with E-state index in [0.717, 1.165) is 109 Å². The Hall–Kier alpha value is -1.00. The molecular weight excluding hydrogens is 1430 g/mol. The molecule has 0 aromatic rings. The topological polar surface area (TPSA) is 159 Å². The molecule has 0 saturated carbocycles. The van der Waals surface area contributed by atoms with Crippen LogP contribution in [-0.4, -0.2) is 529 Å². The lowest BCUT2D eigenvalue weighted by atomic mass is 10.00. The van der Waals surface area contributed by atoms with Crippen molar-refractivity contribution in [1.82, 2.24) is 93.5 Å². The van der Waals surface area contributed by atoms with Gasteiger partial charge in [0.25, 0.3) is 0 Å².